The molecule has 5 nitrogen and oxygen atoms in total. The highest BCUT2D eigenvalue weighted by atomic mass is 35.5. The Hall–Kier alpha value is -1.88. The maximum Gasteiger partial charge on any atom is 0.300 e. The van der Waals surface area contributed by atoms with Gasteiger partial charge in [-0.1, -0.05) is 31.5 Å². The van der Waals surface area contributed by atoms with Crippen LogP contribution in [0.1, 0.15) is 31.1 Å². The molecule has 1 aliphatic rings. The average Bonchev–Trinajstić information content (AvgIpc) is 2.65. The lowest BCUT2D eigenvalue weighted by Gasteiger charge is -2.20. The fourth-order valence-corrected chi connectivity index (χ4v) is 2.32. The van der Waals surface area contributed by atoms with E-state index >= 15 is 0 Å². The number of carbonyl (C=O) groups is 3. The number of hydrogen-bond acceptors (Lipinski definition) is 3. The monoisotopic (exact) mass is 308 g/mol. The minimum atomic E-state index is -0.717. The van der Waals surface area contributed by atoms with Crippen molar-refractivity contribution in [1.82, 2.24) is 5.32 Å². The summed E-state index contributed by atoms with van der Waals surface area (Å²) in [4.78, 5) is 37.1. The predicted molar refractivity (Wildman–Crippen MR) is 80.6 cm³/mol. The molecule has 6 heteroatoms. The maximum absolute atomic E-state index is 12.0. The fourth-order valence-electron chi connectivity index (χ4n) is 2.07. The van der Waals surface area contributed by atoms with Crippen molar-refractivity contribution in [2.24, 2.45) is 5.92 Å². The van der Waals surface area contributed by atoms with Gasteiger partial charge in [0.2, 0.25) is 5.91 Å². The Morgan fingerprint density at radius 1 is 1.29 bits per heavy atom. The molecule has 21 heavy (non-hydrogen) atoms. The molecular weight excluding hydrogens is 292 g/mol. The predicted octanol–water partition coefficient (Wildman–Crippen LogP) is 2.03. The summed E-state index contributed by atoms with van der Waals surface area (Å²) in [6.07, 6.45) is 0. The fraction of sp³-hybridized carbons (Fsp3) is 0.400. The Balaban J connectivity index is 2.19. The van der Waals surface area contributed by atoms with E-state index in [4.69, 9.17) is 11.6 Å². The van der Waals surface area contributed by atoms with Crippen molar-refractivity contribution in [3.05, 3.63) is 28.8 Å². The van der Waals surface area contributed by atoms with Crippen molar-refractivity contribution in [2.45, 2.75) is 26.8 Å². The molecule has 1 unspecified atom stereocenters. The zero-order chi connectivity index (χ0) is 15.7. The van der Waals surface area contributed by atoms with Crippen molar-refractivity contribution < 1.29 is 14.4 Å². The molecule has 1 atom stereocenters. The molecule has 0 spiro atoms. The van der Waals surface area contributed by atoms with Crippen LogP contribution in [-0.4, -0.2) is 30.2 Å². The zero-order valence-electron chi connectivity index (χ0n) is 12.1. The molecule has 2 amide bonds. The molecule has 0 saturated heterocycles. The number of fused-ring (bicyclic) bond motifs is 1. The van der Waals surface area contributed by atoms with E-state index in [9.17, 15) is 14.4 Å². The van der Waals surface area contributed by atoms with Crippen LogP contribution >= 0.6 is 11.6 Å². The number of nitrogens with zero attached hydrogens (tertiary/aromatic N) is 1. The molecule has 1 heterocycles. The second kappa shape index (κ2) is 5.85. The van der Waals surface area contributed by atoms with Gasteiger partial charge in [-0.05, 0) is 25.0 Å². The van der Waals surface area contributed by atoms with E-state index < -0.39 is 11.7 Å². The van der Waals surface area contributed by atoms with Gasteiger partial charge in [0.15, 0.2) is 0 Å². The third-order valence-corrected chi connectivity index (χ3v) is 3.95. The number of anilines is 1. The molecule has 0 aromatic heterocycles. The van der Waals surface area contributed by atoms with E-state index in [1.165, 1.54) is 4.90 Å². The summed E-state index contributed by atoms with van der Waals surface area (Å²) < 4.78 is 0. The average molecular weight is 309 g/mol. The third-order valence-electron chi connectivity index (χ3n) is 3.64. The number of benzene rings is 1. The summed E-state index contributed by atoms with van der Waals surface area (Å²) in [7, 11) is 0. The number of Topliss-reactive ketones (excluding diaryl/α,β-unsaturated/α-hetero) is 1. The summed E-state index contributed by atoms with van der Waals surface area (Å²) in [6, 6.07) is 4.80. The van der Waals surface area contributed by atoms with Gasteiger partial charge < -0.3 is 5.32 Å². The minimum Gasteiger partial charge on any atom is -0.352 e. The lowest BCUT2D eigenvalue weighted by molar-refractivity contribution is -0.122. The number of ketones is 1. The summed E-state index contributed by atoms with van der Waals surface area (Å²) in [5.74, 6) is -1.40. The number of hydrogen-bond donors (Lipinski definition) is 1. The summed E-state index contributed by atoms with van der Waals surface area (Å²) in [5.41, 5.74) is 0.568. The molecule has 0 aliphatic carbocycles. The van der Waals surface area contributed by atoms with Crippen LogP contribution in [0.5, 0.6) is 0 Å². The van der Waals surface area contributed by atoms with Crippen molar-refractivity contribution in [1.29, 1.82) is 0 Å². The Bertz CT molecular complexity index is 613. The first-order chi connectivity index (χ1) is 9.82. The molecule has 0 bridgehead atoms. The van der Waals surface area contributed by atoms with Crippen molar-refractivity contribution >= 4 is 34.9 Å². The highest BCUT2D eigenvalue weighted by Gasteiger charge is 2.38. The summed E-state index contributed by atoms with van der Waals surface area (Å²) >= 11 is 5.96. The number of halogens is 1. The normalized spacial score (nSPS) is 15.4. The second-order valence-electron chi connectivity index (χ2n) is 5.45. The first kappa shape index (κ1) is 15.5. The third kappa shape index (κ3) is 2.93. The largest absolute Gasteiger partial charge is 0.352 e. The highest BCUT2D eigenvalue weighted by molar-refractivity contribution is 6.55. The quantitative estimate of drug-likeness (QED) is 0.866. The van der Waals surface area contributed by atoms with Crippen molar-refractivity contribution in [3.8, 4) is 0 Å². The maximum atomic E-state index is 12.0. The van der Waals surface area contributed by atoms with Crippen LogP contribution < -0.4 is 10.2 Å². The number of nitrogens with one attached hydrogen (secondary N) is 1. The Labute approximate surface area is 128 Å². The molecular formula is C15H17ClN2O3. The molecule has 1 aromatic rings. The van der Waals surface area contributed by atoms with E-state index in [1.807, 2.05) is 20.8 Å². The molecule has 0 saturated carbocycles. The van der Waals surface area contributed by atoms with E-state index in [2.05, 4.69) is 5.32 Å². The van der Waals surface area contributed by atoms with Crippen LogP contribution in [-0.2, 0) is 9.59 Å². The first-order valence-corrected chi connectivity index (χ1v) is 7.14. The Morgan fingerprint density at radius 2 is 1.95 bits per heavy atom. The van der Waals surface area contributed by atoms with Crippen LogP contribution in [0.4, 0.5) is 5.69 Å². The number of carbonyl (C=O) groups excluding carboxylic acids is 3. The summed E-state index contributed by atoms with van der Waals surface area (Å²) in [5, 5.41) is 3.04. The van der Waals surface area contributed by atoms with Gasteiger partial charge in [0.25, 0.3) is 11.7 Å². The van der Waals surface area contributed by atoms with Gasteiger partial charge in [-0.15, -0.1) is 0 Å². The number of amides is 2. The number of rotatable bonds is 4. The lowest BCUT2D eigenvalue weighted by atomic mass is 10.1. The first-order valence-electron chi connectivity index (χ1n) is 6.77. The van der Waals surface area contributed by atoms with Gasteiger partial charge in [-0.3, -0.25) is 19.3 Å². The van der Waals surface area contributed by atoms with E-state index in [-0.39, 0.29) is 35.0 Å². The van der Waals surface area contributed by atoms with Crippen LogP contribution in [0.2, 0.25) is 5.02 Å². The van der Waals surface area contributed by atoms with Gasteiger partial charge in [0, 0.05) is 6.04 Å². The molecule has 1 aliphatic heterocycles. The zero-order valence-corrected chi connectivity index (χ0v) is 12.9. The van der Waals surface area contributed by atoms with Gasteiger partial charge in [0.1, 0.15) is 6.54 Å². The topological polar surface area (TPSA) is 66.5 Å². The molecule has 0 radical (unpaired) electrons. The van der Waals surface area contributed by atoms with E-state index in [1.54, 1.807) is 18.2 Å². The van der Waals surface area contributed by atoms with Gasteiger partial charge in [0.05, 0.1) is 16.3 Å². The summed E-state index contributed by atoms with van der Waals surface area (Å²) in [6.45, 7) is 5.69. The smallest absolute Gasteiger partial charge is 0.300 e. The van der Waals surface area contributed by atoms with Crippen molar-refractivity contribution in [2.75, 3.05) is 11.4 Å². The molecule has 112 valence electrons. The van der Waals surface area contributed by atoms with Gasteiger partial charge in [-0.2, -0.15) is 0 Å². The lowest BCUT2D eigenvalue weighted by Crippen LogP contribution is -2.44. The van der Waals surface area contributed by atoms with Crippen LogP contribution in [0, 0.1) is 5.92 Å². The van der Waals surface area contributed by atoms with Gasteiger partial charge in [-0.25, -0.2) is 0 Å². The molecule has 0 fully saturated rings. The van der Waals surface area contributed by atoms with Crippen LogP contribution in [0.15, 0.2) is 18.2 Å². The Kier molecular flexibility index (Phi) is 4.32. The van der Waals surface area contributed by atoms with Crippen LogP contribution in [0.25, 0.3) is 0 Å². The standard InChI is InChI=1S/C15H17ClN2O3/c1-8(2)9(3)17-12(19)7-18-11-6-4-5-10(16)13(11)14(20)15(18)21/h4-6,8-9H,7H2,1-3H3,(H,17,19). The molecule has 1 N–H and O–H groups in total. The molecule has 1 aromatic carbocycles. The molecule has 2 rings (SSSR count). The highest BCUT2D eigenvalue weighted by Crippen LogP contribution is 2.33. The Morgan fingerprint density at radius 3 is 2.57 bits per heavy atom. The van der Waals surface area contributed by atoms with Crippen LogP contribution in [0.3, 0.4) is 0 Å². The SMILES string of the molecule is CC(C)C(C)NC(=O)CN1C(=O)C(=O)c2c(Cl)cccc21. The second-order valence-corrected chi connectivity index (χ2v) is 5.86. The van der Waals surface area contributed by atoms with E-state index in [0.29, 0.717) is 5.69 Å². The van der Waals surface area contributed by atoms with Gasteiger partial charge >= 0.3 is 0 Å². The minimum absolute atomic E-state index is 0.00950. The van der Waals surface area contributed by atoms with Crippen molar-refractivity contribution in [3.63, 3.8) is 0 Å². The van der Waals surface area contributed by atoms with E-state index in [0.717, 1.165) is 0 Å².